The predicted molar refractivity (Wildman–Crippen MR) is 72.7 cm³/mol. The van der Waals surface area contributed by atoms with Crippen LogP contribution >= 0.6 is 0 Å². The highest BCUT2D eigenvalue weighted by Crippen LogP contribution is 2.33. The third-order valence-corrected chi connectivity index (χ3v) is 3.11. The van der Waals surface area contributed by atoms with Crippen molar-refractivity contribution >= 4 is 0 Å². The monoisotopic (exact) mass is 260 g/mol. The molecule has 1 unspecified atom stereocenters. The van der Waals surface area contributed by atoms with Crippen LogP contribution in [-0.4, -0.2) is 11.7 Å². The molecule has 0 spiro atoms. The fourth-order valence-corrected chi connectivity index (χ4v) is 2.05. The summed E-state index contributed by atoms with van der Waals surface area (Å²) in [7, 11) is 0. The zero-order chi connectivity index (χ0) is 13.9. The number of hydrogen-bond acceptors (Lipinski definition) is 2. The Morgan fingerprint density at radius 1 is 1.16 bits per heavy atom. The fraction of sp³-hybridized carbons (Fsp3) is 0.250. The first kappa shape index (κ1) is 13.6. The number of aliphatic hydroxyl groups is 1. The molecule has 19 heavy (non-hydrogen) atoms. The predicted octanol–water partition coefficient (Wildman–Crippen LogP) is 3.48. The molecular formula is C16H17FO2. The molecule has 0 aliphatic carbocycles. The summed E-state index contributed by atoms with van der Waals surface area (Å²) in [4.78, 5) is 0. The zero-order valence-electron chi connectivity index (χ0n) is 11.1. The molecule has 0 amide bonds. The van der Waals surface area contributed by atoms with E-state index in [1.807, 2.05) is 25.1 Å². The molecule has 0 saturated carbocycles. The van der Waals surface area contributed by atoms with E-state index in [0.29, 0.717) is 17.9 Å². The van der Waals surface area contributed by atoms with E-state index in [9.17, 15) is 9.50 Å². The molecule has 0 aliphatic rings. The van der Waals surface area contributed by atoms with E-state index < -0.39 is 11.4 Å². The van der Waals surface area contributed by atoms with E-state index in [4.69, 9.17) is 4.74 Å². The SMILES string of the molecule is CCOc1ccc(F)c(C(C)(O)c2ccccc2)c1. The summed E-state index contributed by atoms with van der Waals surface area (Å²) in [6.45, 7) is 3.94. The van der Waals surface area contributed by atoms with Gasteiger partial charge in [0, 0.05) is 5.56 Å². The van der Waals surface area contributed by atoms with Crippen LogP contribution in [0, 0.1) is 5.82 Å². The van der Waals surface area contributed by atoms with E-state index >= 15 is 0 Å². The van der Waals surface area contributed by atoms with Crippen LogP contribution in [0.1, 0.15) is 25.0 Å². The lowest BCUT2D eigenvalue weighted by atomic mass is 9.88. The summed E-state index contributed by atoms with van der Waals surface area (Å²) >= 11 is 0. The number of rotatable bonds is 4. The van der Waals surface area contributed by atoms with Gasteiger partial charge in [0.15, 0.2) is 0 Å². The second kappa shape index (κ2) is 5.41. The van der Waals surface area contributed by atoms with Crippen LogP contribution in [0.3, 0.4) is 0 Å². The summed E-state index contributed by atoms with van der Waals surface area (Å²) in [6, 6.07) is 13.4. The highest BCUT2D eigenvalue weighted by Gasteiger charge is 2.29. The van der Waals surface area contributed by atoms with Gasteiger partial charge in [0.1, 0.15) is 17.2 Å². The zero-order valence-corrected chi connectivity index (χ0v) is 11.1. The van der Waals surface area contributed by atoms with Crippen molar-refractivity contribution < 1.29 is 14.2 Å². The van der Waals surface area contributed by atoms with Crippen LogP contribution in [0.2, 0.25) is 0 Å². The fourth-order valence-electron chi connectivity index (χ4n) is 2.05. The molecule has 0 heterocycles. The van der Waals surface area contributed by atoms with Gasteiger partial charge in [-0.15, -0.1) is 0 Å². The average molecular weight is 260 g/mol. The molecule has 0 fully saturated rings. The minimum Gasteiger partial charge on any atom is -0.494 e. The van der Waals surface area contributed by atoms with E-state index in [2.05, 4.69) is 0 Å². The highest BCUT2D eigenvalue weighted by molar-refractivity contribution is 5.40. The van der Waals surface area contributed by atoms with Crippen molar-refractivity contribution in [2.45, 2.75) is 19.4 Å². The summed E-state index contributed by atoms with van der Waals surface area (Å²) < 4.78 is 19.3. The minimum absolute atomic E-state index is 0.213. The van der Waals surface area contributed by atoms with Crippen molar-refractivity contribution in [3.63, 3.8) is 0 Å². The minimum atomic E-state index is -1.39. The lowest BCUT2D eigenvalue weighted by molar-refractivity contribution is 0.0975. The van der Waals surface area contributed by atoms with E-state index in [1.165, 1.54) is 6.07 Å². The molecule has 0 radical (unpaired) electrons. The standard InChI is InChI=1S/C16H17FO2/c1-3-19-13-9-10-15(17)14(11-13)16(2,18)12-7-5-4-6-8-12/h4-11,18H,3H2,1-2H3. The van der Waals surface area contributed by atoms with Crippen molar-refractivity contribution in [1.82, 2.24) is 0 Å². The number of hydrogen-bond donors (Lipinski definition) is 1. The quantitative estimate of drug-likeness (QED) is 0.912. The van der Waals surface area contributed by atoms with Gasteiger partial charge in [-0.25, -0.2) is 4.39 Å². The molecule has 3 heteroatoms. The molecule has 0 aromatic heterocycles. The molecule has 0 bridgehead atoms. The second-order valence-electron chi connectivity index (χ2n) is 4.51. The van der Waals surface area contributed by atoms with Crippen LogP contribution in [0.25, 0.3) is 0 Å². The van der Waals surface area contributed by atoms with Gasteiger partial charge in [-0.05, 0) is 37.6 Å². The molecule has 100 valence electrons. The Morgan fingerprint density at radius 2 is 1.84 bits per heavy atom. The Labute approximate surface area is 112 Å². The van der Waals surface area contributed by atoms with Crippen molar-refractivity contribution in [1.29, 1.82) is 0 Å². The van der Waals surface area contributed by atoms with Gasteiger partial charge in [-0.3, -0.25) is 0 Å². The Bertz CT molecular complexity index is 550. The van der Waals surface area contributed by atoms with Crippen LogP contribution in [0.15, 0.2) is 48.5 Å². The maximum atomic E-state index is 14.0. The molecule has 2 nitrogen and oxygen atoms in total. The summed E-state index contributed by atoms with van der Waals surface area (Å²) in [6.07, 6.45) is 0. The first-order valence-corrected chi connectivity index (χ1v) is 6.26. The molecular weight excluding hydrogens is 243 g/mol. The van der Waals surface area contributed by atoms with Crippen LogP contribution in [0.5, 0.6) is 5.75 Å². The van der Waals surface area contributed by atoms with Crippen molar-refractivity contribution in [3.05, 3.63) is 65.5 Å². The molecule has 1 atom stereocenters. The third kappa shape index (κ3) is 2.76. The molecule has 2 aromatic rings. The Kier molecular flexibility index (Phi) is 3.86. The number of halogens is 1. The second-order valence-corrected chi connectivity index (χ2v) is 4.51. The van der Waals surface area contributed by atoms with Crippen molar-refractivity contribution in [2.75, 3.05) is 6.61 Å². The Balaban J connectivity index is 2.47. The molecule has 1 N–H and O–H groups in total. The lowest BCUT2D eigenvalue weighted by Gasteiger charge is -2.25. The molecule has 0 saturated heterocycles. The van der Waals surface area contributed by atoms with Crippen molar-refractivity contribution in [3.8, 4) is 5.75 Å². The maximum Gasteiger partial charge on any atom is 0.129 e. The topological polar surface area (TPSA) is 29.5 Å². The normalized spacial score (nSPS) is 13.9. The van der Waals surface area contributed by atoms with E-state index in [1.54, 1.807) is 31.2 Å². The van der Waals surface area contributed by atoms with Crippen LogP contribution in [-0.2, 0) is 5.60 Å². The van der Waals surface area contributed by atoms with E-state index in [-0.39, 0.29) is 5.56 Å². The van der Waals surface area contributed by atoms with Gasteiger partial charge in [0.05, 0.1) is 6.61 Å². The lowest BCUT2D eigenvalue weighted by Crippen LogP contribution is -2.24. The Morgan fingerprint density at radius 3 is 2.47 bits per heavy atom. The summed E-state index contributed by atoms with van der Waals surface area (Å²) in [5.41, 5.74) is -0.537. The third-order valence-electron chi connectivity index (χ3n) is 3.11. The van der Waals surface area contributed by atoms with Crippen LogP contribution in [0.4, 0.5) is 4.39 Å². The number of ether oxygens (including phenoxy) is 1. The number of benzene rings is 2. The maximum absolute atomic E-state index is 14.0. The summed E-state index contributed by atoms with van der Waals surface area (Å²) in [5.74, 6) is 0.104. The van der Waals surface area contributed by atoms with Gasteiger partial charge in [-0.1, -0.05) is 30.3 Å². The van der Waals surface area contributed by atoms with Gasteiger partial charge in [-0.2, -0.15) is 0 Å². The molecule has 0 aliphatic heterocycles. The van der Waals surface area contributed by atoms with Gasteiger partial charge >= 0.3 is 0 Å². The summed E-state index contributed by atoms with van der Waals surface area (Å²) in [5, 5.41) is 10.6. The van der Waals surface area contributed by atoms with E-state index in [0.717, 1.165) is 0 Å². The first-order chi connectivity index (χ1) is 9.05. The van der Waals surface area contributed by atoms with Crippen molar-refractivity contribution in [2.24, 2.45) is 0 Å². The van der Waals surface area contributed by atoms with Gasteiger partial charge in [0.25, 0.3) is 0 Å². The average Bonchev–Trinajstić information content (AvgIpc) is 2.42. The molecule has 2 rings (SSSR count). The van der Waals surface area contributed by atoms with Gasteiger partial charge in [0.2, 0.25) is 0 Å². The molecule has 2 aromatic carbocycles. The highest BCUT2D eigenvalue weighted by atomic mass is 19.1. The Hall–Kier alpha value is -1.87. The first-order valence-electron chi connectivity index (χ1n) is 6.26. The smallest absolute Gasteiger partial charge is 0.129 e. The van der Waals surface area contributed by atoms with Crippen LogP contribution < -0.4 is 4.74 Å². The largest absolute Gasteiger partial charge is 0.494 e. The van der Waals surface area contributed by atoms with Gasteiger partial charge < -0.3 is 9.84 Å².